The highest BCUT2D eigenvalue weighted by atomic mass is 79.9. The van der Waals surface area contributed by atoms with Gasteiger partial charge in [0.15, 0.2) is 5.13 Å². The Morgan fingerprint density at radius 3 is 2.87 bits per heavy atom. The minimum absolute atomic E-state index is 0.00462. The summed E-state index contributed by atoms with van der Waals surface area (Å²) < 4.78 is 6.65. The van der Waals surface area contributed by atoms with Crippen molar-refractivity contribution in [3.05, 3.63) is 45.4 Å². The summed E-state index contributed by atoms with van der Waals surface area (Å²) in [6.07, 6.45) is 3.74. The molecule has 1 saturated heterocycles. The molecule has 2 heterocycles. The van der Waals surface area contributed by atoms with Crippen molar-refractivity contribution in [1.29, 1.82) is 0 Å². The molecule has 0 radical (unpaired) electrons. The Bertz CT molecular complexity index is 674. The second-order valence-electron chi connectivity index (χ2n) is 5.48. The molecular weight excluding hydrogens is 378 g/mol. The van der Waals surface area contributed by atoms with Crippen LogP contribution in [-0.2, 0) is 16.0 Å². The fourth-order valence-corrected chi connectivity index (χ4v) is 3.62. The van der Waals surface area contributed by atoms with Crippen molar-refractivity contribution in [2.24, 2.45) is 5.73 Å². The van der Waals surface area contributed by atoms with Crippen LogP contribution in [0, 0.1) is 0 Å². The van der Waals surface area contributed by atoms with E-state index in [1.807, 2.05) is 12.1 Å². The largest absolute Gasteiger partial charge is 0.364 e. The second kappa shape index (κ2) is 7.53. The Balaban J connectivity index is 1.57. The van der Waals surface area contributed by atoms with Crippen LogP contribution in [0.4, 0.5) is 5.13 Å². The van der Waals surface area contributed by atoms with Gasteiger partial charge in [0.25, 0.3) is 5.91 Å². The van der Waals surface area contributed by atoms with Gasteiger partial charge in [0, 0.05) is 28.5 Å². The van der Waals surface area contributed by atoms with Crippen molar-refractivity contribution >= 4 is 38.3 Å². The highest BCUT2D eigenvalue weighted by molar-refractivity contribution is 9.10. The Labute approximate surface area is 147 Å². The molecule has 1 aliphatic heterocycles. The smallest absolute Gasteiger partial charge is 0.255 e. The summed E-state index contributed by atoms with van der Waals surface area (Å²) in [6, 6.07) is 8.18. The highest BCUT2D eigenvalue weighted by Gasteiger charge is 2.30. The molecule has 0 aliphatic carbocycles. The van der Waals surface area contributed by atoms with E-state index in [0.717, 1.165) is 22.2 Å². The summed E-state index contributed by atoms with van der Waals surface area (Å²) in [5.41, 5.74) is 6.77. The van der Waals surface area contributed by atoms with Gasteiger partial charge in [0.2, 0.25) is 0 Å². The molecule has 1 amide bonds. The van der Waals surface area contributed by atoms with Crippen LogP contribution in [0.25, 0.3) is 0 Å². The van der Waals surface area contributed by atoms with Crippen LogP contribution < -0.4 is 11.1 Å². The second-order valence-corrected chi connectivity index (χ2v) is 7.51. The summed E-state index contributed by atoms with van der Waals surface area (Å²) in [7, 11) is 0. The fraction of sp³-hybridized carbons (Fsp3) is 0.375. The lowest BCUT2D eigenvalue weighted by Gasteiger charge is -2.11. The molecule has 7 heteroatoms. The van der Waals surface area contributed by atoms with Crippen molar-refractivity contribution in [3.63, 3.8) is 0 Å². The van der Waals surface area contributed by atoms with Crippen LogP contribution in [0.5, 0.6) is 0 Å². The number of thiazole rings is 1. The van der Waals surface area contributed by atoms with E-state index >= 15 is 0 Å². The van der Waals surface area contributed by atoms with Gasteiger partial charge in [0.1, 0.15) is 6.10 Å². The van der Waals surface area contributed by atoms with E-state index in [-0.39, 0.29) is 12.0 Å². The number of nitrogens with zero attached hydrogens (tertiary/aromatic N) is 1. The van der Waals surface area contributed by atoms with Gasteiger partial charge >= 0.3 is 0 Å². The van der Waals surface area contributed by atoms with Gasteiger partial charge in [0.05, 0.1) is 6.10 Å². The molecule has 1 aromatic carbocycles. The van der Waals surface area contributed by atoms with E-state index in [2.05, 4.69) is 38.4 Å². The van der Waals surface area contributed by atoms with Crippen LogP contribution in [0.3, 0.4) is 0 Å². The average molecular weight is 396 g/mol. The first-order chi connectivity index (χ1) is 11.1. The molecule has 3 rings (SSSR count). The summed E-state index contributed by atoms with van der Waals surface area (Å²) >= 11 is 4.92. The van der Waals surface area contributed by atoms with Crippen LogP contribution in [0.2, 0.25) is 0 Å². The molecule has 3 N–H and O–H groups in total. The zero-order valence-electron chi connectivity index (χ0n) is 12.5. The topological polar surface area (TPSA) is 77.2 Å². The van der Waals surface area contributed by atoms with Gasteiger partial charge in [-0.1, -0.05) is 28.1 Å². The zero-order chi connectivity index (χ0) is 16.2. The molecule has 2 atom stereocenters. The van der Waals surface area contributed by atoms with Crippen molar-refractivity contribution in [1.82, 2.24) is 4.98 Å². The predicted molar refractivity (Wildman–Crippen MR) is 94.6 cm³/mol. The molecule has 1 aromatic heterocycles. The minimum atomic E-state index is -0.414. The molecule has 0 bridgehead atoms. The molecule has 1 fully saturated rings. The number of amides is 1. The number of benzene rings is 1. The summed E-state index contributed by atoms with van der Waals surface area (Å²) in [4.78, 5) is 17.5. The van der Waals surface area contributed by atoms with Crippen LogP contribution >= 0.6 is 27.3 Å². The number of hydrogen-bond donors (Lipinski definition) is 2. The number of nitrogens with one attached hydrogen (secondary N) is 1. The Kier molecular flexibility index (Phi) is 5.42. The number of anilines is 1. The van der Waals surface area contributed by atoms with E-state index < -0.39 is 6.10 Å². The average Bonchev–Trinajstić information content (AvgIpc) is 3.19. The Morgan fingerprint density at radius 1 is 1.39 bits per heavy atom. The highest BCUT2D eigenvalue weighted by Crippen LogP contribution is 2.24. The molecule has 5 nitrogen and oxygen atoms in total. The number of aromatic nitrogens is 1. The lowest BCUT2D eigenvalue weighted by molar-refractivity contribution is -0.126. The van der Waals surface area contributed by atoms with Gasteiger partial charge in [-0.3, -0.25) is 10.1 Å². The Morgan fingerprint density at radius 2 is 2.17 bits per heavy atom. The van der Waals surface area contributed by atoms with E-state index in [1.165, 1.54) is 16.9 Å². The number of rotatable bonds is 5. The zero-order valence-corrected chi connectivity index (χ0v) is 14.9. The lowest BCUT2D eigenvalue weighted by Crippen LogP contribution is -2.29. The number of carbonyl (C=O) groups is 1. The first-order valence-corrected chi connectivity index (χ1v) is 9.10. The third-order valence-electron chi connectivity index (χ3n) is 3.74. The molecule has 1 aliphatic rings. The van der Waals surface area contributed by atoms with Crippen molar-refractivity contribution in [2.75, 3.05) is 11.9 Å². The standard InChI is InChI=1S/C16H18BrN3O2S/c17-11-3-1-10(2-4-11)7-13-9-19-16(23-13)20-15(21)14-6-5-12(8-18)22-14/h1-4,9,12,14H,5-8,18H2,(H,19,20,21)/t12-,14+/m1/s1. The van der Waals surface area contributed by atoms with Gasteiger partial charge in [-0.2, -0.15) is 0 Å². The van der Waals surface area contributed by atoms with Crippen LogP contribution in [0.1, 0.15) is 23.3 Å². The van der Waals surface area contributed by atoms with Gasteiger partial charge in [-0.15, -0.1) is 11.3 Å². The lowest BCUT2D eigenvalue weighted by atomic mass is 10.1. The number of carbonyl (C=O) groups excluding carboxylic acids is 1. The minimum Gasteiger partial charge on any atom is -0.364 e. The molecular formula is C16H18BrN3O2S. The van der Waals surface area contributed by atoms with Gasteiger partial charge < -0.3 is 10.5 Å². The van der Waals surface area contributed by atoms with E-state index in [4.69, 9.17) is 10.5 Å². The Hall–Kier alpha value is -1.28. The first-order valence-electron chi connectivity index (χ1n) is 7.49. The first kappa shape index (κ1) is 16.6. The molecule has 0 saturated carbocycles. The van der Waals surface area contributed by atoms with E-state index in [0.29, 0.717) is 18.1 Å². The third-order valence-corrected chi connectivity index (χ3v) is 5.18. The fourth-order valence-electron chi connectivity index (χ4n) is 2.51. The van der Waals surface area contributed by atoms with Crippen molar-refractivity contribution in [3.8, 4) is 0 Å². The van der Waals surface area contributed by atoms with Gasteiger partial charge in [-0.05, 0) is 30.5 Å². The summed E-state index contributed by atoms with van der Waals surface area (Å²) in [5, 5.41) is 3.45. The predicted octanol–water partition coefficient (Wildman–Crippen LogP) is 2.94. The van der Waals surface area contributed by atoms with E-state index in [9.17, 15) is 4.79 Å². The quantitative estimate of drug-likeness (QED) is 0.815. The normalized spacial score (nSPS) is 20.6. The van der Waals surface area contributed by atoms with Crippen LogP contribution in [-0.4, -0.2) is 29.6 Å². The van der Waals surface area contributed by atoms with Crippen molar-refractivity contribution < 1.29 is 9.53 Å². The maximum atomic E-state index is 12.2. The van der Waals surface area contributed by atoms with Gasteiger partial charge in [-0.25, -0.2) is 4.98 Å². The number of ether oxygens (including phenoxy) is 1. The molecule has 0 unspecified atom stereocenters. The maximum Gasteiger partial charge on any atom is 0.255 e. The molecule has 122 valence electrons. The SMILES string of the molecule is NC[C@H]1CC[C@@H](C(=O)Nc2ncc(Cc3ccc(Br)cc3)s2)O1. The van der Waals surface area contributed by atoms with E-state index in [1.54, 1.807) is 6.20 Å². The number of nitrogens with two attached hydrogens (primary N) is 1. The maximum absolute atomic E-state index is 12.2. The molecule has 2 aromatic rings. The molecule has 23 heavy (non-hydrogen) atoms. The molecule has 0 spiro atoms. The number of halogens is 1. The van der Waals surface area contributed by atoms with Crippen LogP contribution in [0.15, 0.2) is 34.9 Å². The number of hydrogen-bond acceptors (Lipinski definition) is 5. The van der Waals surface area contributed by atoms with Crippen molar-refractivity contribution in [2.45, 2.75) is 31.5 Å². The summed E-state index contributed by atoms with van der Waals surface area (Å²) in [5.74, 6) is -0.134. The monoisotopic (exact) mass is 395 g/mol. The third kappa shape index (κ3) is 4.38. The summed E-state index contributed by atoms with van der Waals surface area (Å²) in [6.45, 7) is 0.457.